The van der Waals surface area contributed by atoms with E-state index in [1.54, 1.807) is 13.8 Å². The molecule has 5 atom stereocenters. The minimum atomic E-state index is -5.00. The van der Waals surface area contributed by atoms with E-state index in [9.17, 15) is 18.0 Å². The normalized spacial score (nSPS) is 32.1. The lowest BCUT2D eigenvalue weighted by Crippen LogP contribution is -2.62. The molecule has 0 unspecified atom stereocenters. The molecule has 2 bridgehead atoms. The van der Waals surface area contributed by atoms with Crippen molar-refractivity contribution in [3.8, 4) is 0 Å². The molecule has 1 saturated carbocycles. The fourth-order valence-electron chi connectivity index (χ4n) is 4.57. The van der Waals surface area contributed by atoms with Gasteiger partial charge in [0.2, 0.25) is 0 Å². The largest absolute Gasteiger partial charge is 0.471 e. The van der Waals surface area contributed by atoms with E-state index in [1.165, 1.54) is 0 Å². The van der Waals surface area contributed by atoms with Crippen LogP contribution in [0.4, 0.5) is 13.2 Å². The molecule has 198 valence electrons. The van der Waals surface area contributed by atoms with Crippen LogP contribution in [0.1, 0.15) is 20.3 Å². The Morgan fingerprint density at radius 1 is 1.00 bits per heavy atom. The van der Waals surface area contributed by atoms with Crippen LogP contribution < -0.4 is 11.1 Å². The van der Waals surface area contributed by atoms with Gasteiger partial charge in [0.05, 0.1) is 77.7 Å². The Kier molecular flexibility index (Phi) is 9.54. The maximum absolute atomic E-state index is 12.8. The first-order chi connectivity index (χ1) is 16.1. The Labute approximate surface area is 196 Å². The highest BCUT2D eigenvalue weighted by Crippen LogP contribution is 2.51. The third-order valence-electron chi connectivity index (χ3n) is 6.00. The van der Waals surface area contributed by atoms with E-state index in [1.807, 2.05) is 5.32 Å². The number of carbonyl (C=O) groups excluding carboxylic acids is 1. The smallest absolute Gasteiger partial charge is 0.378 e. The molecular weight excluding hydrogens is 465 g/mol. The van der Waals surface area contributed by atoms with E-state index in [0.29, 0.717) is 59.2 Å². The van der Waals surface area contributed by atoms with E-state index in [-0.39, 0.29) is 13.2 Å². The van der Waals surface area contributed by atoms with Crippen LogP contribution in [0.15, 0.2) is 0 Å². The molecule has 0 radical (unpaired) electrons. The van der Waals surface area contributed by atoms with Crippen LogP contribution in [-0.4, -0.2) is 108 Å². The summed E-state index contributed by atoms with van der Waals surface area (Å²) in [5.41, 5.74) is 4.73. The SMILES string of the molecule is CC1(C)O[C@@H]2[C@@H](NC(=O)C(F)(F)F)[C@@H]3C[C@@](COCCOCCOCCOCCN)(CO3)[C@@H]2O1. The number of rotatable bonds is 14. The average molecular weight is 501 g/mol. The molecule has 2 aliphatic heterocycles. The summed E-state index contributed by atoms with van der Waals surface area (Å²) in [6, 6.07) is -0.972. The number of hydrogen-bond donors (Lipinski definition) is 2. The van der Waals surface area contributed by atoms with Crippen molar-refractivity contribution >= 4 is 5.91 Å². The van der Waals surface area contributed by atoms with Gasteiger partial charge in [-0.15, -0.1) is 0 Å². The van der Waals surface area contributed by atoms with Gasteiger partial charge in [0.25, 0.3) is 0 Å². The molecule has 3 fully saturated rings. The summed E-state index contributed by atoms with van der Waals surface area (Å²) in [6.45, 7) is 7.33. The fraction of sp³-hybridized carbons (Fsp3) is 0.952. The molecule has 3 aliphatic rings. The topological polar surface area (TPSA) is 120 Å². The van der Waals surface area contributed by atoms with Gasteiger partial charge in [-0.05, 0) is 20.3 Å². The van der Waals surface area contributed by atoms with Gasteiger partial charge in [0, 0.05) is 12.0 Å². The predicted molar refractivity (Wildman–Crippen MR) is 111 cm³/mol. The third kappa shape index (κ3) is 7.00. The van der Waals surface area contributed by atoms with Crippen LogP contribution in [0.3, 0.4) is 0 Å². The number of nitrogens with two attached hydrogens (primary N) is 1. The number of carbonyl (C=O) groups is 1. The van der Waals surface area contributed by atoms with Gasteiger partial charge in [-0.1, -0.05) is 0 Å². The van der Waals surface area contributed by atoms with Crippen molar-refractivity contribution in [3.63, 3.8) is 0 Å². The molecule has 0 aromatic carbocycles. The quantitative estimate of drug-likeness (QED) is 0.326. The first-order valence-corrected chi connectivity index (χ1v) is 11.4. The molecule has 13 heteroatoms. The molecule has 2 heterocycles. The van der Waals surface area contributed by atoms with Gasteiger partial charge in [-0.25, -0.2) is 0 Å². The van der Waals surface area contributed by atoms with Crippen LogP contribution in [0.25, 0.3) is 0 Å². The fourth-order valence-corrected chi connectivity index (χ4v) is 4.57. The maximum Gasteiger partial charge on any atom is 0.471 e. The summed E-state index contributed by atoms with van der Waals surface area (Å²) in [4.78, 5) is 11.6. The number of hydrogen-bond acceptors (Lipinski definition) is 9. The number of amides is 1. The molecule has 3 N–H and O–H groups in total. The van der Waals surface area contributed by atoms with E-state index in [4.69, 9.17) is 38.9 Å². The molecule has 0 aromatic heterocycles. The third-order valence-corrected chi connectivity index (χ3v) is 6.00. The van der Waals surface area contributed by atoms with Crippen molar-refractivity contribution < 1.29 is 51.1 Å². The minimum absolute atomic E-state index is 0.234. The Balaban J connectivity index is 1.43. The van der Waals surface area contributed by atoms with Crippen LogP contribution in [0.2, 0.25) is 0 Å². The summed E-state index contributed by atoms with van der Waals surface area (Å²) in [6.07, 6.45) is -6.61. The zero-order valence-corrected chi connectivity index (χ0v) is 19.6. The molecule has 0 aromatic rings. The van der Waals surface area contributed by atoms with E-state index in [0.717, 1.165) is 0 Å². The Morgan fingerprint density at radius 2 is 1.59 bits per heavy atom. The lowest BCUT2D eigenvalue weighted by Gasteiger charge is -2.42. The highest BCUT2D eigenvalue weighted by molar-refractivity contribution is 5.82. The number of nitrogens with one attached hydrogen (secondary N) is 1. The van der Waals surface area contributed by atoms with Crippen molar-refractivity contribution in [1.29, 1.82) is 0 Å². The van der Waals surface area contributed by atoms with Crippen molar-refractivity contribution in [3.05, 3.63) is 0 Å². The second-order valence-corrected chi connectivity index (χ2v) is 9.11. The highest BCUT2D eigenvalue weighted by atomic mass is 19.4. The van der Waals surface area contributed by atoms with E-state index >= 15 is 0 Å². The van der Waals surface area contributed by atoms with Crippen molar-refractivity contribution in [2.75, 3.05) is 66.0 Å². The van der Waals surface area contributed by atoms with Crippen LogP contribution in [-0.2, 0) is 38.0 Å². The predicted octanol–water partition coefficient (Wildman–Crippen LogP) is 0.368. The van der Waals surface area contributed by atoms with Crippen molar-refractivity contribution in [2.45, 2.75) is 56.6 Å². The first-order valence-electron chi connectivity index (χ1n) is 11.4. The van der Waals surface area contributed by atoms with E-state index in [2.05, 4.69) is 0 Å². The van der Waals surface area contributed by atoms with Gasteiger partial charge in [0.1, 0.15) is 6.10 Å². The zero-order chi connectivity index (χ0) is 24.8. The summed E-state index contributed by atoms with van der Waals surface area (Å²) < 4.78 is 78.2. The van der Waals surface area contributed by atoms with Gasteiger partial charge >= 0.3 is 12.1 Å². The van der Waals surface area contributed by atoms with Gasteiger partial charge in [0.15, 0.2) is 5.79 Å². The molecule has 1 amide bonds. The van der Waals surface area contributed by atoms with Crippen molar-refractivity contribution in [2.24, 2.45) is 11.1 Å². The Hall–Kier alpha value is -1.06. The molecule has 2 saturated heterocycles. The molecular formula is C21H35F3N2O8. The standard InChI is InChI=1S/C21H35F3N2O8/c1-19(2)33-16-15(26-18(27)21(22,23)24)14-11-20(13-32-14,17(16)34-19)12-31-10-9-30-8-7-29-6-5-28-4-3-25/h14-17H,3-13,25H2,1-2H3,(H,26,27)/t14-,15-,16+,17+,20+/m0/s1. The van der Waals surface area contributed by atoms with Crippen LogP contribution >= 0.6 is 0 Å². The Bertz CT molecular complexity index is 668. The number of alkyl halides is 3. The van der Waals surface area contributed by atoms with Gasteiger partial charge < -0.3 is 44.2 Å². The number of fused-ring (bicyclic) bond motifs is 4. The lowest BCUT2D eigenvalue weighted by atomic mass is 9.70. The molecule has 34 heavy (non-hydrogen) atoms. The lowest BCUT2D eigenvalue weighted by molar-refractivity contribution is -0.178. The molecule has 1 aliphatic carbocycles. The second kappa shape index (κ2) is 11.8. The number of ether oxygens (including phenoxy) is 7. The summed E-state index contributed by atoms with van der Waals surface area (Å²) >= 11 is 0. The van der Waals surface area contributed by atoms with Gasteiger partial charge in [-0.3, -0.25) is 4.79 Å². The van der Waals surface area contributed by atoms with Gasteiger partial charge in [-0.2, -0.15) is 13.2 Å². The second-order valence-electron chi connectivity index (χ2n) is 9.11. The zero-order valence-electron chi connectivity index (χ0n) is 19.6. The van der Waals surface area contributed by atoms with Crippen molar-refractivity contribution in [1.82, 2.24) is 5.32 Å². The molecule has 0 spiro atoms. The average Bonchev–Trinajstić information content (AvgIpc) is 3.31. The summed E-state index contributed by atoms with van der Waals surface area (Å²) in [5.74, 6) is -3.03. The Morgan fingerprint density at radius 3 is 2.18 bits per heavy atom. The van der Waals surface area contributed by atoms with Crippen LogP contribution in [0, 0.1) is 5.41 Å². The first kappa shape index (κ1) is 27.5. The molecule has 3 rings (SSSR count). The number of halogens is 3. The summed E-state index contributed by atoms with van der Waals surface area (Å²) in [5, 5.41) is 2.05. The highest BCUT2D eigenvalue weighted by Gasteiger charge is 2.65. The minimum Gasteiger partial charge on any atom is -0.378 e. The monoisotopic (exact) mass is 500 g/mol. The molecule has 10 nitrogen and oxygen atoms in total. The van der Waals surface area contributed by atoms with E-state index < -0.39 is 47.6 Å². The van der Waals surface area contributed by atoms with Crippen LogP contribution in [0.5, 0.6) is 0 Å². The summed E-state index contributed by atoms with van der Waals surface area (Å²) in [7, 11) is 0. The maximum atomic E-state index is 12.8.